The van der Waals surface area contributed by atoms with E-state index < -0.39 is 5.97 Å². The molecule has 0 aromatic heterocycles. The molecule has 1 aromatic carbocycles. The average molecular weight is 276 g/mol. The number of benzene rings is 1. The van der Waals surface area contributed by atoms with Crippen molar-refractivity contribution in [2.45, 2.75) is 26.2 Å². The SMILES string of the molecule is CC(CCCNC(=O)c1ccc2c(c1)NCC2)C(=O)O. The quantitative estimate of drug-likeness (QED) is 0.693. The van der Waals surface area contributed by atoms with Crippen molar-refractivity contribution in [1.82, 2.24) is 5.32 Å². The molecule has 3 N–H and O–H groups in total. The summed E-state index contributed by atoms with van der Waals surface area (Å²) >= 11 is 0. The summed E-state index contributed by atoms with van der Waals surface area (Å²) in [4.78, 5) is 22.6. The molecule has 2 rings (SSSR count). The third-order valence-corrected chi connectivity index (χ3v) is 3.60. The lowest BCUT2D eigenvalue weighted by Crippen LogP contribution is -2.25. The Bertz CT molecular complexity index is 514. The van der Waals surface area contributed by atoms with Gasteiger partial charge in [0.25, 0.3) is 5.91 Å². The van der Waals surface area contributed by atoms with E-state index in [1.54, 1.807) is 6.92 Å². The molecule has 1 aliphatic heterocycles. The maximum atomic E-state index is 12.0. The number of carboxylic acids is 1. The maximum Gasteiger partial charge on any atom is 0.306 e. The summed E-state index contributed by atoms with van der Waals surface area (Å²) < 4.78 is 0. The molecule has 0 aliphatic carbocycles. The number of aliphatic carboxylic acids is 1. The Hall–Kier alpha value is -2.04. The summed E-state index contributed by atoms with van der Waals surface area (Å²) in [6, 6.07) is 5.69. The number of carboxylic acid groups (broad SMARTS) is 1. The summed E-state index contributed by atoms with van der Waals surface area (Å²) in [7, 11) is 0. The van der Waals surface area contributed by atoms with Crippen molar-refractivity contribution < 1.29 is 14.7 Å². The number of amides is 1. The van der Waals surface area contributed by atoms with Crippen molar-refractivity contribution in [3.63, 3.8) is 0 Å². The highest BCUT2D eigenvalue weighted by molar-refractivity contribution is 5.95. The van der Waals surface area contributed by atoms with Crippen molar-refractivity contribution in [2.24, 2.45) is 5.92 Å². The van der Waals surface area contributed by atoms with Crippen LogP contribution in [0.15, 0.2) is 18.2 Å². The molecule has 0 bridgehead atoms. The Labute approximate surface area is 118 Å². The van der Waals surface area contributed by atoms with Crippen LogP contribution in [0.2, 0.25) is 0 Å². The van der Waals surface area contributed by atoms with Crippen molar-refractivity contribution >= 4 is 17.6 Å². The van der Waals surface area contributed by atoms with E-state index >= 15 is 0 Å². The molecule has 1 atom stereocenters. The molecule has 1 unspecified atom stereocenters. The fraction of sp³-hybridized carbons (Fsp3) is 0.467. The lowest BCUT2D eigenvalue weighted by Gasteiger charge is -2.08. The predicted octanol–water partition coefficient (Wildman–Crippen LogP) is 1.89. The maximum absolute atomic E-state index is 12.0. The predicted molar refractivity (Wildman–Crippen MR) is 77.0 cm³/mol. The molecular weight excluding hydrogens is 256 g/mol. The average Bonchev–Trinajstić information content (AvgIpc) is 2.90. The van der Waals surface area contributed by atoms with Gasteiger partial charge in [0.2, 0.25) is 0 Å². The molecule has 1 aromatic rings. The molecule has 0 saturated heterocycles. The van der Waals surface area contributed by atoms with E-state index in [1.807, 2.05) is 18.2 Å². The highest BCUT2D eigenvalue weighted by Gasteiger charge is 2.14. The van der Waals surface area contributed by atoms with E-state index in [0.717, 1.165) is 18.7 Å². The topological polar surface area (TPSA) is 78.4 Å². The van der Waals surface area contributed by atoms with Crippen LogP contribution in [0, 0.1) is 5.92 Å². The van der Waals surface area contributed by atoms with Crippen LogP contribution < -0.4 is 10.6 Å². The van der Waals surface area contributed by atoms with Gasteiger partial charge >= 0.3 is 5.97 Å². The van der Waals surface area contributed by atoms with Crippen LogP contribution in [-0.4, -0.2) is 30.1 Å². The van der Waals surface area contributed by atoms with E-state index in [2.05, 4.69) is 10.6 Å². The zero-order valence-corrected chi connectivity index (χ0v) is 11.6. The minimum absolute atomic E-state index is 0.107. The fourth-order valence-electron chi connectivity index (χ4n) is 2.27. The second-order valence-corrected chi connectivity index (χ2v) is 5.19. The molecule has 0 spiro atoms. The highest BCUT2D eigenvalue weighted by Crippen LogP contribution is 2.23. The molecular formula is C15H20N2O3. The first-order chi connectivity index (χ1) is 9.58. The molecule has 5 nitrogen and oxygen atoms in total. The zero-order chi connectivity index (χ0) is 14.5. The summed E-state index contributed by atoms with van der Waals surface area (Å²) in [6.45, 7) is 3.10. The van der Waals surface area contributed by atoms with Gasteiger partial charge in [0.1, 0.15) is 0 Å². The van der Waals surface area contributed by atoms with Crippen molar-refractivity contribution in [3.8, 4) is 0 Å². The molecule has 1 amide bonds. The van der Waals surface area contributed by atoms with Gasteiger partial charge in [0.05, 0.1) is 5.92 Å². The third kappa shape index (κ3) is 3.50. The minimum atomic E-state index is -0.791. The second kappa shape index (κ2) is 6.41. The van der Waals surface area contributed by atoms with E-state index in [0.29, 0.717) is 24.9 Å². The first-order valence-corrected chi connectivity index (χ1v) is 6.95. The molecule has 108 valence electrons. The monoisotopic (exact) mass is 276 g/mol. The van der Waals surface area contributed by atoms with Crippen LogP contribution >= 0.6 is 0 Å². The summed E-state index contributed by atoms with van der Waals surface area (Å²) in [6.07, 6.45) is 2.24. The fourth-order valence-corrected chi connectivity index (χ4v) is 2.27. The molecule has 0 fully saturated rings. The van der Waals surface area contributed by atoms with Gasteiger partial charge in [-0.1, -0.05) is 13.0 Å². The van der Waals surface area contributed by atoms with Gasteiger partial charge in [0, 0.05) is 24.3 Å². The Kier molecular flexibility index (Phi) is 4.61. The molecule has 1 aliphatic rings. The number of fused-ring (bicyclic) bond motifs is 1. The molecule has 1 heterocycles. The van der Waals surface area contributed by atoms with Gasteiger partial charge in [-0.15, -0.1) is 0 Å². The third-order valence-electron chi connectivity index (χ3n) is 3.60. The van der Waals surface area contributed by atoms with Gasteiger partial charge in [-0.05, 0) is 37.0 Å². The Morgan fingerprint density at radius 2 is 2.25 bits per heavy atom. The van der Waals surface area contributed by atoms with Gasteiger partial charge in [-0.2, -0.15) is 0 Å². The van der Waals surface area contributed by atoms with Gasteiger partial charge in [-0.25, -0.2) is 0 Å². The first-order valence-electron chi connectivity index (χ1n) is 6.95. The minimum Gasteiger partial charge on any atom is -0.481 e. The van der Waals surface area contributed by atoms with Crippen LogP contribution in [0.1, 0.15) is 35.7 Å². The van der Waals surface area contributed by atoms with Crippen LogP contribution in [0.4, 0.5) is 5.69 Å². The Balaban J connectivity index is 1.79. The zero-order valence-electron chi connectivity index (χ0n) is 11.6. The standard InChI is InChI=1S/C15H20N2O3/c1-10(15(19)20)3-2-7-17-14(18)12-5-4-11-6-8-16-13(11)9-12/h4-5,9-10,16H,2-3,6-8H2,1H3,(H,17,18)(H,19,20). The summed E-state index contributed by atoms with van der Waals surface area (Å²) in [5.41, 5.74) is 2.93. The highest BCUT2D eigenvalue weighted by atomic mass is 16.4. The second-order valence-electron chi connectivity index (χ2n) is 5.19. The molecule has 20 heavy (non-hydrogen) atoms. The number of anilines is 1. The lowest BCUT2D eigenvalue weighted by molar-refractivity contribution is -0.141. The van der Waals surface area contributed by atoms with Crippen LogP contribution in [0.3, 0.4) is 0 Å². The first kappa shape index (κ1) is 14.4. The lowest BCUT2D eigenvalue weighted by atomic mass is 10.1. The Morgan fingerprint density at radius 3 is 3.00 bits per heavy atom. The largest absolute Gasteiger partial charge is 0.481 e. The normalized spacial score (nSPS) is 14.2. The number of nitrogens with one attached hydrogen (secondary N) is 2. The molecule has 5 heteroatoms. The van der Waals surface area contributed by atoms with E-state index in [4.69, 9.17) is 5.11 Å². The number of hydrogen-bond acceptors (Lipinski definition) is 3. The summed E-state index contributed by atoms with van der Waals surface area (Å²) in [5.74, 6) is -1.26. The molecule has 0 radical (unpaired) electrons. The van der Waals surface area contributed by atoms with Gasteiger partial charge in [-0.3, -0.25) is 9.59 Å². The van der Waals surface area contributed by atoms with Crippen molar-refractivity contribution in [1.29, 1.82) is 0 Å². The van der Waals surface area contributed by atoms with Gasteiger partial charge in [0.15, 0.2) is 0 Å². The number of hydrogen-bond donors (Lipinski definition) is 3. The van der Waals surface area contributed by atoms with Crippen LogP contribution in [0.25, 0.3) is 0 Å². The molecule has 0 saturated carbocycles. The van der Waals surface area contributed by atoms with Crippen molar-refractivity contribution in [2.75, 3.05) is 18.4 Å². The number of carbonyl (C=O) groups is 2. The van der Waals surface area contributed by atoms with E-state index in [1.165, 1.54) is 5.56 Å². The number of carbonyl (C=O) groups excluding carboxylic acids is 1. The number of rotatable bonds is 6. The van der Waals surface area contributed by atoms with Crippen molar-refractivity contribution in [3.05, 3.63) is 29.3 Å². The van der Waals surface area contributed by atoms with Crippen LogP contribution in [-0.2, 0) is 11.2 Å². The van der Waals surface area contributed by atoms with E-state index in [9.17, 15) is 9.59 Å². The van der Waals surface area contributed by atoms with Crippen LogP contribution in [0.5, 0.6) is 0 Å². The smallest absolute Gasteiger partial charge is 0.306 e. The van der Waals surface area contributed by atoms with E-state index in [-0.39, 0.29) is 11.8 Å². The summed E-state index contributed by atoms with van der Waals surface area (Å²) in [5, 5.41) is 14.8. The van der Waals surface area contributed by atoms with Gasteiger partial charge < -0.3 is 15.7 Å². The Morgan fingerprint density at radius 1 is 1.45 bits per heavy atom.